The molecular formula is C67H92F3NNa3O9P3S3. The van der Waals surface area contributed by atoms with E-state index in [-0.39, 0.29) is 129 Å². The molecule has 4 atom stereocenters. The van der Waals surface area contributed by atoms with Crippen molar-refractivity contribution in [1.82, 2.24) is 0 Å². The summed E-state index contributed by atoms with van der Waals surface area (Å²) in [5.74, 6) is -3.48. The largest absolute Gasteiger partial charge is 1.00 e. The molecule has 10 nitrogen and oxygen atoms in total. The molecule has 22 heteroatoms. The van der Waals surface area contributed by atoms with Gasteiger partial charge in [-0.15, -0.1) is 0 Å². The molecule has 0 heterocycles. The van der Waals surface area contributed by atoms with E-state index in [9.17, 15) is 52.1 Å². The molecule has 0 aromatic heterocycles. The summed E-state index contributed by atoms with van der Waals surface area (Å²) in [6, 6.07) is 8.44. The van der Waals surface area contributed by atoms with Crippen LogP contribution in [0.15, 0.2) is 51.1 Å². The fourth-order valence-electron chi connectivity index (χ4n) is 17.8. The maximum Gasteiger partial charge on any atom is 1.00 e. The van der Waals surface area contributed by atoms with Crippen molar-refractivity contribution in [3.63, 3.8) is 0 Å². The van der Waals surface area contributed by atoms with Gasteiger partial charge in [0.15, 0.2) is 11.6 Å². The van der Waals surface area contributed by atoms with Crippen molar-refractivity contribution in [2.45, 2.75) is 316 Å². The molecule has 9 aliphatic carbocycles. The van der Waals surface area contributed by atoms with Gasteiger partial charge in [0.25, 0.3) is 6.04 Å². The van der Waals surface area contributed by atoms with Crippen molar-refractivity contribution in [3.8, 4) is 0 Å². The van der Waals surface area contributed by atoms with Crippen LogP contribution in [0.2, 0.25) is 0 Å². The third kappa shape index (κ3) is 19.5. The van der Waals surface area contributed by atoms with E-state index in [4.69, 9.17) is 6.57 Å². The Balaban J connectivity index is 0.000000187. The third-order valence-electron chi connectivity index (χ3n) is 21.7. The first-order valence-electron chi connectivity index (χ1n) is 33.3. The number of aryl methyl sites for hydroxylation is 2. The summed E-state index contributed by atoms with van der Waals surface area (Å²) in [5, 5.41) is 0. The van der Waals surface area contributed by atoms with Crippen LogP contribution in [0.25, 0.3) is 4.85 Å². The van der Waals surface area contributed by atoms with Crippen molar-refractivity contribution < 1.29 is 141 Å². The van der Waals surface area contributed by atoms with Gasteiger partial charge < -0.3 is 18.5 Å². The Morgan fingerprint density at radius 1 is 0.404 bits per heavy atom. The Morgan fingerprint density at radius 2 is 0.809 bits per heavy atom. The van der Waals surface area contributed by atoms with Gasteiger partial charge >= 0.3 is 88.7 Å². The number of fused-ring (bicyclic) bond motifs is 3. The molecule has 0 N–H and O–H groups in total. The molecule has 12 rings (SSSR count). The summed E-state index contributed by atoms with van der Waals surface area (Å²) in [4.78, 5) is 2.30. The van der Waals surface area contributed by atoms with Crippen LogP contribution in [0, 0.1) is 24.0 Å². The van der Waals surface area contributed by atoms with Crippen LogP contribution in [0.5, 0.6) is 0 Å². The van der Waals surface area contributed by atoms with Crippen LogP contribution in [0.3, 0.4) is 0 Å². The van der Waals surface area contributed by atoms with Crippen LogP contribution in [-0.4, -0.2) is 89.8 Å². The van der Waals surface area contributed by atoms with Crippen molar-refractivity contribution in [2.24, 2.45) is 0 Å². The van der Waals surface area contributed by atoms with Gasteiger partial charge in [-0.3, -0.25) is 0 Å². The summed E-state index contributed by atoms with van der Waals surface area (Å²) >= 11 is 0. The Kier molecular flexibility index (Phi) is 31.0. The summed E-state index contributed by atoms with van der Waals surface area (Å²) in [5.41, 5.74) is 10.00. The summed E-state index contributed by atoms with van der Waals surface area (Å²) in [6.45, 7) is 8.01. The minimum absolute atomic E-state index is 0. The Hall–Kier alpha value is 0.960. The van der Waals surface area contributed by atoms with Gasteiger partial charge in [0, 0.05) is 5.56 Å². The molecule has 0 aliphatic heterocycles. The van der Waals surface area contributed by atoms with E-state index in [2.05, 4.69) is 4.85 Å². The Bertz CT molecular complexity index is 3150. The zero-order valence-electron chi connectivity index (χ0n) is 53.4. The van der Waals surface area contributed by atoms with Gasteiger partial charge in [-0.25, -0.2) is 45.0 Å². The van der Waals surface area contributed by atoms with Crippen LogP contribution < -0.4 is 88.7 Å². The normalized spacial score (nSPS) is 24.6. The van der Waals surface area contributed by atoms with Gasteiger partial charge in [-0.05, 0) is 226 Å². The molecule has 3 aromatic carbocycles. The zero-order valence-corrected chi connectivity index (χ0v) is 64.6. The van der Waals surface area contributed by atoms with Crippen LogP contribution in [0.1, 0.15) is 251 Å². The number of hydrogen-bond donors (Lipinski definition) is 0. The fourth-order valence-corrected chi connectivity index (χ4v) is 33.4. The molecule has 476 valence electrons. The number of hydrogen-bond acceptors (Lipinski definition) is 9. The molecular weight excluding hydrogens is 1280 g/mol. The van der Waals surface area contributed by atoms with E-state index in [0.717, 1.165) is 88.8 Å². The maximum absolute atomic E-state index is 15.0. The molecule has 0 bridgehead atoms. The third-order valence-corrected chi connectivity index (χ3v) is 36.4. The quantitative estimate of drug-likeness (QED) is 0.0744. The standard InChI is InChI=1S/C23H32NO3PS.C22H31F2O3PS.C22H32FO3PS.3Na/c1-24-23-21-16-20(29(25,26)27)14-12-17(21)13-15-22(23)28(18-8-4-2-5-9-18)19-10-6-3-7-11-19;23-20-14-15-13-18(11-12-19(15)22(21(20)24)29(25,26)27)28(16-7-3-1-4-8-16)17-9-5-2-6-10-17;23-22-20-15-19(13-11-16(20)12-14-21(22)28(24,25)26)27(17-7-3-1-4-8-17)18-9-5-2-6-10-18;;;/h12,14,16,18-19,22-23H,2-11,13,15H2,(H,25,26,27);14,16-18H,1-13H2,(H,25,26,27);12,14,17-19H,1-11,13,15H2,(H,24,25,26);;;/q;;;3*+1/p-3. The monoisotopic (exact) mass is 1370 g/mol. The molecule has 89 heavy (non-hydrogen) atoms. The summed E-state index contributed by atoms with van der Waals surface area (Å²) in [7, 11) is -15.0. The average Bonchev–Trinajstić information content (AvgIpc) is 0.905. The van der Waals surface area contributed by atoms with Gasteiger partial charge in [-0.2, -0.15) is 0 Å². The van der Waals surface area contributed by atoms with Gasteiger partial charge in [0.2, 0.25) is 0 Å². The molecule has 4 unspecified atom stereocenters. The Labute approximate surface area is 602 Å². The summed E-state index contributed by atoms with van der Waals surface area (Å²) < 4.78 is 147. The molecule has 3 aromatic rings. The minimum atomic E-state index is -5.04. The van der Waals surface area contributed by atoms with Gasteiger partial charge in [-0.1, -0.05) is 151 Å². The van der Waals surface area contributed by atoms with Crippen LogP contribution >= 0.6 is 23.8 Å². The van der Waals surface area contributed by atoms with Gasteiger partial charge in [0.05, 0.1) is 20.3 Å². The first-order chi connectivity index (χ1) is 41.3. The molecule has 6 saturated carbocycles. The van der Waals surface area contributed by atoms with E-state index in [1.807, 2.05) is 0 Å². The van der Waals surface area contributed by atoms with Crippen LogP contribution in [-0.2, 0) is 62.5 Å². The van der Waals surface area contributed by atoms with E-state index >= 15 is 0 Å². The van der Waals surface area contributed by atoms with E-state index in [1.165, 1.54) is 211 Å². The molecule has 0 radical (unpaired) electrons. The first-order valence-corrected chi connectivity index (χ1v) is 42.2. The molecule has 0 amide bonds. The van der Waals surface area contributed by atoms with Crippen LogP contribution in [0.4, 0.5) is 13.2 Å². The molecule has 0 saturated heterocycles. The van der Waals surface area contributed by atoms with Crippen molar-refractivity contribution in [2.75, 3.05) is 0 Å². The van der Waals surface area contributed by atoms with Gasteiger partial charge in [0.1, 0.15) is 36.2 Å². The van der Waals surface area contributed by atoms with E-state index < -0.39 is 57.6 Å². The van der Waals surface area contributed by atoms with Crippen molar-refractivity contribution in [1.29, 1.82) is 0 Å². The molecule has 9 aliphatic rings. The second-order valence-corrected chi connectivity index (χ2v) is 40.2. The second kappa shape index (κ2) is 35.6. The molecule has 6 fully saturated rings. The number of nitrogens with zero attached hydrogens (tertiary/aromatic N) is 1. The smallest absolute Gasteiger partial charge is 0.744 e. The number of rotatable bonds is 12. The predicted octanol–water partition coefficient (Wildman–Crippen LogP) is 8.63. The zero-order chi connectivity index (χ0) is 60.8. The predicted molar refractivity (Wildman–Crippen MR) is 338 cm³/mol. The van der Waals surface area contributed by atoms with Crippen molar-refractivity contribution >= 4 is 54.1 Å². The number of halogens is 3. The molecule has 0 spiro atoms. The minimum Gasteiger partial charge on any atom is -0.744 e. The number of benzene rings is 3. The van der Waals surface area contributed by atoms with Crippen molar-refractivity contribution in [3.05, 3.63) is 98.6 Å². The SMILES string of the molecule is O=S(=O)([O-])c1c(F)c(F)cc2c1CCC(P(C1CCCCC1)C1CCCCC1)C2.O=S(=O)([O-])c1ccc2c(c1F)CC(P(C1CCCCC1)C1CCCCC1)CC2.[C-]#[N+]C1c2cc(S(=O)(=O)[O-])ccc2CCC1P(C1CCCCC1)C1CCCCC1.[Na+].[Na+].[Na+]. The fraction of sp³-hybridized carbons (Fsp3) is 0.716. The maximum atomic E-state index is 15.0. The average molecular weight is 1370 g/mol. The second-order valence-electron chi connectivity index (χ2n) is 26.9. The van der Waals surface area contributed by atoms with E-state index in [1.54, 1.807) is 12.1 Å². The Morgan fingerprint density at radius 3 is 1.22 bits per heavy atom. The first kappa shape index (κ1) is 77.3. The summed E-state index contributed by atoms with van der Waals surface area (Å²) in [6.07, 6.45) is 45.6. The topological polar surface area (TPSA) is 176 Å². The van der Waals surface area contributed by atoms with E-state index in [0.29, 0.717) is 47.4 Å².